The smallest absolute Gasteiger partial charge is 0.243 e. The first-order valence-corrected chi connectivity index (χ1v) is 10.3. The summed E-state index contributed by atoms with van der Waals surface area (Å²) in [6, 6.07) is 6.48. The second kappa shape index (κ2) is 8.25. The van der Waals surface area contributed by atoms with Crippen molar-refractivity contribution in [2.24, 2.45) is 5.92 Å². The molecule has 1 aliphatic carbocycles. The fraction of sp³-hybridized carbons (Fsp3) is 0.667. The third-order valence-electron chi connectivity index (χ3n) is 5.72. The molecule has 1 aliphatic heterocycles. The van der Waals surface area contributed by atoms with Gasteiger partial charge in [0, 0.05) is 19.1 Å². The first-order valence-electron chi connectivity index (χ1n) is 8.89. The molecule has 142 valence electrons. The van der Waals surface area contributed by atoms with Crippen LogP contribution in [0.25, 0.3) is 0 Å². The van der Waals surface area contributed by atoms with E-state index in [0.717, 1.165) is 38.3 Å². The summed E-state index contributed by atoms with van der Waals surface area (Å²) in [5.74, 6) is 0.795. The van der Waals surface area contributed by atoms with E-state index in [4.69, 9.17) is 0 Å². The Kier molecular flexibility index (Phi) is 6.76. The van der Waals surface area contributed by atoms with E-state index < -0.39 is 10.0 Å². The van der Waals surface area contributed by atoms with E-state index in [-0.39, 0.29) is 29.1 Å². The standard InChI is InChI=1S/C18H28N2O3S.ClH/c1-14-8-10-20(11-9-14)16-7-6-15(12-16)19(2)24(22,23)18-5-3-4-17(21)13-18;/h3-5,13-16,21H,6-12H2,1-2H3;1H/t15-,16+;/m0./s1. The normalized spacial score (nSPS) is 25.9. The molecular formula is C18H29ClN2O3S. The number of piperidine rings is 1. The number of phenols is 1. The van der Waals surface area contributed by atoms with Gasteiger partial charge in [0.2, 0.25) is 10.0 Å². The Bertz CT molecular complexity index is 675. The number of hydrogen-bond donors (Lipinski definition) is 1. The lowest BCUT2D eigenvalue weighted by molar-refractivity contribution is 0.136. The highest BCUT2D eigenvalue weighted by Gasteiger charge is 2.37. The number of aromatic hydroxyl groups is 1. The van der Waals surface area contributed by atoms with Crippen LogP contribution in [-0.2, 0) is 10.0 Å². The van der Waals surface area contributed by atoms with Gasteiger partial charge in [0.25, 0.3) is 0 Å². The Labute approximate surface area is 157 Å². The maximum absolute atomic E-state index is 12.8. The highest BCUT2D eigenvalue weighted by atomic mass is 35.5. The first kappa shape index (κ1) is 20.5. The van der Waals surface area contributed by atoms with Gasteiger partial charge in [0.05, 0.1) is 4.90 Å². The predicted molar refractivity (Wildman–Crippen MR) is 102 cm³/mol. The molecule has 2 fully saturated rings. The summed E-state index contributed by atoms with van der Waals surface area (Å²) in [5, 5.41) is 9.57. The molecule has 0 amide bonds. The summed E-state index contributed by atoms with van der Waals surface area (Å²) in [6.45, 7) is 4.59. The number of benzene rings is 1. The lowest BCUT2D eigenvalue weighted by Gasteiger charge is -2.35. The van der Waals surface area contributed by atoms with Gasteiger partial charge in [-0.05, 0) is 69.3 Å². The van der Waals surface area contributed by atoms with Gasteiger partial charge < -0.3 is 10.0 Å². The summed E-state index contributed by atoms with van der Waals surface area (Å²) >= 11 is 0. The van der Waals surface area contributed by atoms with E-state index in [1.54, 1.807) is 19.2 Å². The minimum absolute atomic E-state index is 0. The molecule has 1 aromatic rings. The van der Waals surface area contributed by atoms with Crippen LogP contribution in [0.5, 0.6) is 5.75 Å². The molecule has 1 saturated heterocycles. The van der Waals surface area contributed by atoms with Crippen molar-refractivity contribution in [3.8, 4) is 5.75 Å². The van der Waals surface area contributed by atoms with Crippen LogP contribution in [0.15, 0.2) is 29.2 Å². The van der Waals surface area contributed by atoms with Crippen LogP contribution in [0.4, 0.5) is 0 Å². The predicted octanol–water partition coefficient (Wildman–Crippen LogP) is 3.09. The Balaban J connectivity index is 0.00000225. The molecule has 0 spiro atoms. The molecule has 1 heterocycles. The number of sulfonamides is 1. The van der Waals surface area contributed by atoms with Crippen molar-refractivity contribution in [3.05, 3.63) is 24.3 Å². The summed E-state index contributed by atoms with van der Waals surface area (Å²) in [4.78, 5) is 2.72. The molecule has 7 heteroatoms. The maximum atomic E-state index is 12.8. The monoisotopic (exact) mass is 388 g/mol. The second-order valence-electron chi connectivity index (χ2n) is 7.36. The first-order chi connectivity index (χ1) is 11.4. The van der Waals surface area contributed by atoms with Crippen molar-refractivity contribution in [2.75, 3.05) is 20.1 Å². The summed E-state index contributed by atoms with van der Waals surface area (Å²) in [6.07, 6.45) is 5.38. The average Bonchev–Trinajstić information content (AvgIpc) is 3.04. The van der Waals surface area contributed by atoms with E-state index in [9.17, 15) is 13.5 Å². The molecule has 2 aliphatic rings. The lowest BCUT2D eigenvalue weighted by atomic mass is 9.97. The van der Waals surface area contributed by atoms with Crippen molar-refractivity contribution in [1.29, 1.82) is 0 Å². The minimum atomic E-state index is -3.55. The lowest BCUT2D eigenvalue weighted by Crippen LogP contribution is -2.41. The topological polar surface area (TPSA) is 60.9 Å². The van der Waals surface area contributed by atoms with Crippen molar-refractivity contribution in [2.45, 2.75) is 56.0 Å². The van der Waals surface area contributed by atoms with E-state index >= 15 is 0 Å². The highest BCUT2D eigenvalue weighted by molar-refractivity contribution is 7.89. The van der Waals surface area contributed by atoms with Gasteiger partial charge in [0.1, 0.15) is 5.75 Å². The molecule has 0 radical (unpaired) electrons. The van der Waals surface area contributed by atoms with Gasteiger partial charge in [-0.25, -0.2) is 8.42 Å². The number of phenolic OH excluding ortho intramolecular Hbond substituents is 1. The van der Waals surface area contributed by atoms with E-state index in [0.29, 0.717) is 6.04 Å². The SMILES string of the molecule is CC1CCN([C@@H]2CC[C@H](N(C)S(=O)(=O)c3cccc(O)c3)C2)CC1.Cl. The van der Waals surface area contributed by atoms with Crippen LogP contribution in [0.1, 0.15) is 39.0 Å². The molecule has 1 saturated carbocycles. The van der Waals surface area contributed by atoms with Crippen LogP contribution in [-0.4, -0.2) is 55.0 Å². The Hall–Kier alpha value is -0.820. The van der Waals surface area contributed by atoms with Crippen LogP contribution in [0, 0.1) is 5.92 Å². The van der Waals surface area contributed by atoms with Gasteiger partial charge in [0.15, 0.2) is 0 Å². The number of rotatable bonds is 4. The Morgan fingerprint density at radius 1 is 1.16 bits per heavy atom. The zero-order valence-corrected chi connectivity index (χ0v) is 16.6. The van der Waals surface area contributed by atoms with Crippen LogP contribution < -0.4 is 0 Å². The van der Waals surface area contributed by atoms with Crippen molar-refractivity contribution in [3.63, 3.8) is 0 Å². The fourth-order valence-electron chi connectivity index (χ4n) is 4.00. The third-order valence-corrected chi connectivity index (χ3v) is 7.63. The van der Waals surface area contributed by atoms with Crippen LogP contribution in [0.3, 0.4) is 0 Å². The van der Waals surface area contributed by atoms with Gasteiger partial charge >= 0.3 is 0 Å². The number of likely N-dealkylation sites (tertiary alicyclic amines) is 1. The quantitative estimate of drug-likeness (QED) is 0.860. The molecule has 25 heavy (non-hydrogen) atoms. The average molecular weight is 389 g/mol. The van der Waals surface area contributed by atoms with Gasteiger partial charge in [-0.15, -0.1) is 12.4 Å². The zero-order valence-electron chi connectivity index (χ0n) is 15.0. The van der Waals surface area contributed by atoms with E-state index in [1.165, 1.54) is 29.3 Å². The minimum Gasteiger partial charge on any atom is -0.508 e. The molecule has 5 nitrogen and oxygen atoms in total. The van der Waals surface area contributed by atoms with Gasteiger partial charge in [-0.2, -0.15) is 4.31 Å². The maximum Gasteiger partial charge on any atom is 0.243 e. The van der Waals surface area contributed by atoms with E-state index in [1.807, 2.05) is 0 Å². The molecule has 1 aromatic carbocycles. The van der Waals surface area contributed by atoms with Crippen molar-refractivity contribution in [1.82, 2.24) is 9.21 Å². The molecule has 0 aromatic heterocycles. The van der Waals surface area contributed by atoms with Crippen molar-refractivity contribution >= 4 is 22.4 Å². The molecule has 0 bridgehead atoms. The summed E-state index contributed by atoms with van der Waals surface area (Å²) in [5.41, 5.74) is 0. The van der Waals surface area contributed by atoms with Gasteiger partial charge in [-0.3, -0.25) is 0 Å². The highest BCUT2D eigenvalue weighted by Crippen LogP contribution is 2.33. The van der Waals surface area contributed by atoms with Crippen molar-refractivity contribution < 1.29 is 13.5 Å². The molecule has 1 N–H and O–H groups in total. The van der Waals surface area contributed by atoms with E-state index in [2.05, 4.69) is 11.8 Å². The van der Waals surface area contributed by atoms with Gasteiger partial charge in [-0.1, -0.05) is 13.0 Å². The summed E-state index contributed by atoms with van der Waals surface area (Å²) in [7, 11) is -1.88. The Morgan fingerprint density at radius 2 is 1.84 bits per heavy atom. The van der Waals surface area contributed by atoms with Crippen LogP contribution >= 0.6 is 12.4 Å². The van der Waals surface area contributed by atoms with Crippen LogP contribution in [0.2, 0.25) is 0 Å². The number of hydrogen-bond acceptors (Lipinski definition) is 4. The summed E-state index contributed by atoms with van der Waals surface area (Å²) < 4.78 is 27.1. The zero-order chi connectivity index (χ0) is 17.3. The molecular weight excluding hydrogens is 360 g/mol. The fourth-order valence-corrected chi connectivity index (χ4v) is 5.43. The largest absolute Gasteiger partial charge is 0.508 e. The molecule has 3 rings (SSSR count). The molecule has 2 atom stereocenters. The number of nitrogens with zero attached hydrogens (tertiary/aromatic N) is 2. The second-order valence-corrected chi connectivity index (χ2v) is 9.36. The number of halogens is 1. The molecule has 0 unspecified atom stereocenters. The third kappa shape index (κ3) is 4.48. The Morgan fingerprint density at radius 3 is 2.48 bits per heavy atom.